The van der Waals surface area contributed by atoms with Crippen LogP contribution in [0.25, 0.3) is 0 Å². The quantitative estimate of drug-likeness (QED) is 0.390. The fraction of sp³-hybridized carbons (Fsp3) is 0.143. The van der Waals surface area contributed by atoms with Crippen molar-refractivity contribution < 1.29 is 9.21 Å². The Bertz CT molecular complexity index is 285. The molecule has 0 spiro atoms. The smallest absolute Gasteiger partial charge is 0.188 e. The molecular weight excluding hydrogens is 162 g/mol. The Morgan fingerprint density at radius 1 is 1.82 bits per heavy atom. The number of carbonyl (C=O) groups is 1. The summed E-state index contributed by atoms with van der Waals surface area (Å²) in [6, 6.07) is 1.58. The standard InChI is InChI=1S/C7H5NO2S/c9-7(3-8-5-11)6-1-2-10-4-6/h1-2,4H,3H2. The SMILES string of the molecule is O=C(CN=C=S)c1ccoc1. The predicted molar refractivity (Wildman–Crippen MR) is 42.9 cm³/mol. The van der Waals surface area contributed by atoms with Crippen molar-refractivity contribution >= 4 is 23.2 Å². The number of Topliss-reactive ketones (excluding diaryl/α,β-unsaturated/α-hetero) is 1. The lowest BCUT2D eigenvalue weighted by Crippen LogP contribution is -2.00. The molecule has 0 saturated carbocycles. The number of ketones is 1. The third kappa shape index (κ3) is 2.11. The molecule has 0 aliphatic rings. The molecule has 1 rings (SSSR count). The molecule has 0 atom stereocenters. The molecule has 0 N–H and O–H groups in total. The summed E-state index contributed by atoms with van der Waals surface area (Å²) < 4.78 is 4.71. The minimum absolute atomic E-state index is 0.0447. The van der Waals surface area contributed by atoms with Gasteiger partial charge in [-0.15, -0.1) is 0 Å². The lowest BCUT2D eigenvalue weighted by atomic mass is 10.2. The van der Waals surface area contributed by atoms with Crippen LogP contribution in [0.3, 0.4) is 0 Å². The van der Waals surface area contributed by atoms with Gasteiger partial charge in [-0.05, 0) is 18.3 Å². The van der Waals surface area contributed by atoms with Crippen molar-refractivity contribution in [1.82, 2.24) is 0 Å². The molecule has 3 nitrogen and oxygen atoms in total. The van der Waals surface area contributed by atoms with Crippen LogP contribution in [0, 0.1) is 0 Å². The first-order valence-corrected chi connectivity index (χ1v) is 3.34. The third-order valence-corrected chi connectivity index (χ3v) is 1.26. The van der Waals surface area contributed by atoms with Gasteiger partial charge in [-0.3, -0.25) is 4.79 Å². The maximum atomic E-state index is 11.0. The molecule has 0 fully saturated rings. The van der Waals surface area contributed by atoms with Crippen LogP contribution >= 0.6 is 12.2 Å². The lowest BCUT2D eigenvalue weighted by molar-refractivity contribution is 0.100. The van der Waals surface area contributed by atoms with E-state index in [0.29, 0.717) is 5.56 Å². The highest BCUT2D eigenvalue weighted by Gasteiger charge is 2.04. The molecule has 0 unspecified atom stereocenters. The molecule has 0 amide bonds. The Morgan fingerprint density at radius 2 is 2.64 bits per heavy atom. The largest absolute Gasteiger partial charge is 0.472 e. The van der Waals surface area contributed by atoms with E-state index in [1.165, 1.54) is 12.5 Å². The molecule has 4 heteroatoms. The zero-order valence-corrected chi connectivity index (χ0v) is 6.43. The van der Waals surface area contributed by atoms with E-state index in [0.717, 1.165) is 0 Å². The highest BCUT2D eigenvalue weighted by molar-refractivity contribution is 7.78. The number of carbonyl (C=O) groups excluding carboxylic acids is 1. The van der Waals surface area contributed by atoms with Crippen LogP contribution in [0.15, 0.2) is 28.0 Å². The van der Waals surface area contributed by atoms with Crippen molar-refractivity contribution in [2.45, 2.75) is 0 Å². The Morgan fingerprint density at radius 3 is 3.18 bits per heavy atom. The number of aliphatic imine (C=N–C) groups is 1. The molecule has 0 bridgehead atoms. The molecule has 1 heterocycles. The maximum Gasteiger partial charge on any atom is 0.188 e. The van der Waals surface area contributed by atoms with E-state index >= 15 is 0 Å². The van der Waals surface area contributed by atoms with Gasteiger partial charge >= 0.3 is 0 Å². The summed E-state index contributed by atoms with van der Waals surface area (Å²) in [6.45, 7) is 0.0447. The molecule has 0 aliphatic carbocycles. The second-order valence-corrected chi connectivity index (χ2v) is 2.03. The van der Waals surface area contributed by atoms with E-state index in [2.05, 4.69) is 22.4 Å². The molecule has 0 aliphatic heterocycles. The summed E-state index contributed by atoms with van der Waals surface area (Å²) in [5.41, 5.74) is 0.513. The maximum absolute atomic E-state index is 11.0. The second kappa shape index (κ2) is 3.81. The van der Waals surface area contributed by atoms with Crippen LogP contribution in [0.1, 0.15) is 10.4 Å². The van der Waals surface area contributed by atoms with Crippen LogP contribution in [0.4, 0.5) is 0 Å². The van der Waals surface area contributed by atoms with E-state index in [1.807, 2.05) is 0 Å². The average Bonchev–Trinajstić information content (AvgIpc) is 2.52. The molecule has 56 valence electrons. The Hall–Kier alpha value is -1.25. The van der Waals surface area contributed by atoms with Crippen LogP contribution in [-0.4, -0.2) is 17.5 Å². The van der Waals surface area contributed by atoms with Gasteiger partial charge in [-0.1, -0.05) is 0 Å². The van der Waals surface area contributed by atoms with E-state index in [9.17, 15) is 4.79 Å². The molecule has 0 aromatic carbocycles. The van der Waals surface area contributed by atoms with Crippen molar-refractivity contribution in [2.24, 2.45) is 4.99 Å². The van der Waals surface area contributed by atoms with Crippen LogP contribution in [0.2, 0.25) is 0 Å². The highest BCUT2D eigenvalue weighted by atomic mass is 32.1. The fourth-order valence-corrected chi connectivity index (χ4v) is 0.683. The highest BCUT2D eigenvalue weighted by Crippen LogP contribution is 2.00. The van der Waals surface area contributed by atoms with Crippen LogP contribution in [-0.2, 0) is 0 Å². The number of thiocarbonyl (C=S) groups is 1. The van der Waals surface area contributed by atoms with Crippen LogP contribution in [0.5, 0.6) is 0 Å². The number of furan rings is 1. The summed E-state index contributed by atoms with van der Waals surface area (Å²) in [4.78, 5) is 14.5. The van der Waals surface area contributed by atoms with Gasteiger partial charge in [0.05, 0.1) is 17.0 Å². The molecule has 1 aromatic heterocycles. The van der Waals surface area contributed by atoms with Gasteiger partial charge in [0, 0.05) is 0 Å². The molecule has 0 saturated heterocycles. The van der Waals surface area contributed by atoms with Crippen molar-refractivity contribution in [1.29, 1.82) is 0 Å². The molecule has 1 aromatic rings. The second-order valence-electron chi connectivity index (χ2n) is 1.84. The zero-order chi connectivity index (χ0) is 8.10. The Labute approximate surface area is 68.7 Å². The van der Waals surface area contributed by atoms with Gasteiger partial charge in [0.2, 0.25) is 0 Å². The first-order valence-electron chi connectivity index (χ1n) is 2.93. The van der Waals surface area contributed by atoms with E-state index in [1.54, 1.807) is 6.07 Å². The number of hydrogen-bond acceptors (Lipinski definition) is 4. The Balaban J connectivity index is 2.63. The summed E-state index contributed by atoms with van der Waals surface area (Å²) in [5, 5.41) is 2.12. The average molecular weight is 167 g/mol. The molecular formula is C7H5NO2S. The topological polar surface area (TPSA) is 42.6 Å². The third-order valence-electron chi connectivity index (χ3n) is 1.13. The zero-order valence-electron chi connectivity index (χ0n) is 5.61. The van der Waals surface area contributed by atoms with Crippen molar-refractivity contribution in [3.63, 3.8) is 0 Å². The molecule has 0 radical (unpaired) electrons. The van der Waals surface area contributed by atoms with Crippen molar-refractivity contribution in [2.75, 3.05) is 6.54 Å². The summed E-state index contributed by atoms with van der Waals surface area (Å²) in [7, 11) is 0. The van der Waals surface area contributed by atoms with Crippen molar-refractivity contribution in [3.05, 3.63) is 24.2 Å². The molecule has 11 heavy (non-hydrogen) atoms. The monoisotopic (exact) mass is 167 g/mol. The van der Waals surface area contributed by atoms with Crippen molar-refractivity contribution in [3.8, 4) is 0 Å². The first kappa shape index (κ1) is 7.85. The van der Waals surface area contributed by atoms with Gasteiger partial charge in [-0.2, -0.15) is 0 Å². The van der Waals surface area contributed by atoms with Gasteiger partial charge in [0.15, 0.2) is 5.78 Å². The van der Waals surface area contributed by atoms with Gasteiger partial charge in [0.25, 0.3) is 0 Å². The lowest BCUT2D eigenvalue weighted by Gasteiger charge is -1.86. The number of isothiocyanates is 1. The van der Waals surface area contributed by atoms with Gasteiger partial charge < -0.3 is 4.42 Å². The minimum Gasteiger partial charge on any atom is -0.472 e. The van der Waals surface area contributed by atoms with Gasteiger partial charge in [-0.25, -0.2) is 4.99 Å². The number of nitrogens with zero attached hydrogens (tertiary/aromatic N) is 1. The summed E-state index contributed by atoms with van der Waals surface area (Å²) in [5.74, 6) is -0.115. The normalized spacial score (nSPS) is 8.73. The van der Waals surface area contributed by atoms with E-state index < -0.39 is 0 Å². The number of rotatable bonds is 3. The van der Waals surface area contributed by atoms with E-state index in [-0.39, 0.29) is 12.3 Å². The summed E-state index contributed by atoms with van der Waals surface area (Å²) in [6.07, 6.45) is 2.82. The van der Waals surface area contributed by atoms with E-state index in [4.69, 9.17) is 4.42 Å². The Kier molecular flexibility index (Phi) is 2.72. The fourth-order valence-electron chi connectivity index (χ4n) is 0.618. The summed E-state index contributed by atoms with van der Waals surface area (Å²) >= 11 is 4.31. The minimum atomic E-state index is -0.115. The van der Waals surface area contributed by atoms with Gasteiger partial charge in [0.1, 0.15) is 12.8 Å². The van der Waals surface area contributed by atoms with Crippen LogP contribution < -0.4 is 0 Å². The predicted octanol–water partition coefficient (Wildman–Crippen LogP) is 1.57. The number of hydrogen-bond donors (Lipinski definition) is 0. The first-order chi connectivity index (χ1) is 5.34.